The highest BCUT2D eigenvalue weighted by Gasteiger charge is 2.15. The van der Waals surface area contributed by atoms with E-state index in [0.29, 0.717) is 6.54 Å². The van der Waals surface area contributed by atoms with E-state index in [0.717, 1.165) is 6.54 Å². The Morgan fingerprint density at radius 1 is 1.55 bits per heavy atom. The Morgan fingerprint density at radius 2 is 2.09 bits per heavy atom. The van der Waals surface area contributed by atoms with Crippen LogP contribution in [0.3, 0.4) is 0 Å². The molecule has 0 saturated heterocycles. The zero-order valence-electron chi connectivity index (χ0n) is 7.85. The van der Waals surface area contributed by atoms with Crippen LogP contribution in [-0.2, 0) is 4.74 Å². The second-order valence-electron chi connectivity index (χ2n) is 3.44. The molecule has 0 saturated carbocycles. The summed E-state index contributed by atoms with van der Waals surface area (Å²) in [5, 5.41) is 12.0. The Morgan fingerprint density at radius 3 is 2.45 bits per heavy atom. The van der Waals surface area contributed by atoms with Crippen molar-refractivity contribution in [3.8, 4) is 0 Å². The Kier molecular flexibility index (Phi) is 4.65. The van der Waals surface area contributed by atoms with E-state index >= 15 is 0 Å². The van der Waals surface area contributed by atoms with Crippen molar-refractivity contribution >= 4 is 0 Å². The van der Waals surface area contributed by atoms with Gasteiger partial charge < -0.3 is 15.2 Å². The average Bonchev–Trinajstić information content (AvgIpc) is 1.87. The van der Waals surface area contributed by atoms with Crippen LogP contribution in [0.1, 0.15) is 20.8 Å². The molecule has 0 heterocycles. The predicted octanol–water partition coefficient (Wildman–Crippen LogP) is 0.382. The van der Waals surface area contributed by atoms with Crippen molar-refractivity contribution in [3.63, 3.8) is 0 Å². The second kappa shape index (κ2) is 4.70. The Labute approximate surface area is 68.8 Å². The number of rotatable bonds is 5. The van der Waals surface area contributed by atoms with Gasteiger partial charge in [0.25, 0.3) is 0 Å². The standard InChI is InChI=1S/C8H19NO2/c1-7(10)5-9-6-8(2,3)11-4/h7,9-10H,5-6H2,1-4H3/t7-/m1/s1. The fourth-order valence-electron chi connectivity index (χ4n) is 0.654. The number of methoxy groups -OCH3 is 1. The maximum Gasteiger partial charge on any atom is 0.0746 e. The Bertz CT molecular complexity index is 102. The Hall–Kier alpha value is -0.120. The lowest BCUT2D eigenvalue weighted by molar-refractivity contribution is 0.0212. The number of hydrogen-bond acceptors (Lipinski definition) is 3. The summed E-state index contributed by atoms with van der Waals surface area (Å²) in [6, 6.07) is 0. The zero-order valence-corrected chi connectivity index (χ0v) is 7.85. The molecule has 2 N–H and O–H groups in total. The first kappa shape index (κ1) is 10.9. The van der Waals surface area contributed by atoms with Gasteiger partial charge in [-0.3, -0.25) is 0 Å². The van der Waals surface area contributed by atoms with E-state index < -0.39 is 0 Å². The van der Waals surface area contributed by atoms with Gasteiger partial charge in [0.2, 0.25) is 0 Å². The largest absolute Gasteiger partial charge is 0.392 e. The van der Waals surface area contributed by atoms with Gasteiger partial charge in [-0.1, -0.05) is 0 Å². The monoisotopic (exact) mass is 161 g/mol. The average molecular weight is 161 g/mol. The van der Waals surface area contributed by atoms with Crippen molar-refractivity contribution in [2.75, 3.05) is 20.2 Å². The molecule has 0 spiro atoms. The molecule has 11 heavy (non-hydrogen) atoms. The number of aliphatic hydroxyl groups excluding tert-OH is 1. The van der Waals surface area contributed by atoms with E-state index in [2.05, 4.69) is 5.32 Å². The fourth-order valence-corrected chi connectivity index (χ4v) is 0.654. The number of aliphatic hydroxyl groups is 1. The van der Waals surface area contributed by atoms with E-state index in [1.165, 1.54) is 0 Å². The van der Waals surface area contributed by atoms with E-state index in [1.807, 2.05) is 13.8 Å². The highest BCUT2D eigenvalue weighted by Crippen LogP contribution is 2.04. The highest BCUT2D eigenvalue weighted by molar-refractivity contribution is 4.71. The lowest BCUT2D eigenvalue weighted by Crippen LogP contribution is -2.39. The first-order valence-electron chi connectivity index (χ1n) is 3.92. The molecule has 0 aliphatic carbocycles. The summed E-state index contributed by atoms with van der Waals surface area (Å²) in [5.41, 5.74) is -0.144. The van der Waals surface area contributed by atoms with Gasteiger partial charge in [-0.15, -0.1) is 0 Å². The van der Waals surface area contributed by atoms with Crippen LogP contribution in [-0.4, -0.2) is 37.0 Å². The van der Waals surface area contributed by atoms with E-state index in [1.54, 1.807) is 14.0 Å². The van der Waals surface area contributed by atoms with Crippen LogP contribution in [0.25, 0.3) is 0 Å². The van der Waals surface area contributed by atoms with Gasteiger partial charge in [-0.2, -0.15) is 0 Å². The van der Waals surface area contributed by atoms with Crippen molar-refractivity contribution in [1.29, 1.82) is 0 Å². The van der Waals surface area contributed by atoms with Gasteiger partial charge in [-0.25, -0.2) is 0 Å². The number of nitrogens with one attached hydrogen (secondary N) is 1. The molecule has 68 valence electrons. The third-order valence-electron chi connectivity index (χ3n) is 1.54. The van der Waals surface area contributed by atoms with Crippen molar-refractivity contribution in [2.45, 2.75) is 32.5 Å². The van der Waals surface area contributed by atoms with Gasteiger partial charge in [0, 0.05) is 20.2 Å². The summed E-state index contributed by atoms with van der Waals surface area (Å²) >= 11 is 0. The minimum absolute atomic E-state index is 0.144. The summed E-state index contributed by atoms with van der Waals surface area (Å²) in [5.74, 6) is 0. The summed E-state index contributed by atoms with van der Waals surface area (Å²) in [6.45, 7) is 7.14. The summed E-state index contributed by atoms with van der Waals surface area (Å²) in [6.07, 6.45) is -0.289. The van der Waals surface area contributed by atoms with Gasteiger partial charge >= 0.3 is 0 Å². The molecular weight excluding hydrogens is 142 g/mol. The summed E-state index contributed by atoms with van der Waals surface area (Å²) < 4.78 is 5.18. The number of ether oxygens (including phenoxy) is 1. The quantitative estimate of drug-likeness (QED) is 0.612. The van der Waals surface area contributed by atoms with Crippen LogP contribution in [0.2, 0.25) is 0 Å². The lowest BCUT2D eigenvalue weighted by Gasteiger charge is -2.23. The maximum absolute atomic E-state index is 8.92. The van der Waals surface area contributed by atoms with Crippen molar-refractivity contribution < 1.29 is 9.84 Å². The van der Waals surface area contributed by atoms with Crippen LogP contribution in [0.5, 0.6) is 0 Å². The molecule has 3 heteroatoms. The van der Waals surface area contributed by atoms with Crippen molar-refractivity contribution in [3.05, 3.63) is 0 Å². The molecule has 3 nitrogen and oxygen atoms in total. The highest BCUT2D eigenvalue weighted by atomic mass is 16.5. The molecule has 0 unspecified atom stereocenters. The molecule has 0 aliphatic heterocycles. The van der Waals surface area contributed by atoms with Crippen LogP contribution < -0.4 is 5.32 Å². The molecule has 0 aromatic carbocycles. The molecule has 0 rings (SSSR count). The fraction of sp³-hybridized carbons (Fsp3) is 1.00. The maximum atomic E-state index is 8.92. The van der Waals surface area contributed by atoms with E-state index in [4.69, 9.17) is 9.84 Å². The van der Waals surface area contributed by atoms with Crippen LogP contribution in [0, 0.1) is 0 Å². The molecule has 1 atom stereocenters. The molecular formula is C8H19NO2. The van der Waals surface area contributed by atoms with Crippen LogP contribution in [0.15, 0.2) is 0 Å². The van der Waals surface area contributed by atoms with Crippen LogP contribution in [0.4, 0.5) is 0 Å². The molecule has 0 radical (unpaired) electrons. The molecule has 0 bridgehead atoms. The first-order chi connectivity index (χ1) is 4.98. The van der Waals surface area contributed by atoms with Gasteiger partial charge in [0.15, 0.2) is 0 Å². The molecule has 0 aromatic rings. The van der Waals surface area contributed by atoms with Crippen molar-refractivity contribution in [2.24, 2.45) is 0 Å². The molecule has 0 aromatic heterocycles. The van der Waals surface area contributed by atoms with Gasteiger partial charge in [-0.05, 0) is 20.8 Å². The minimum Gasteiger partial charge on any atom is -0.392 e. The van der Waals surface area contributed by atoms with E-state index in [9.17, 15) is 0 Å². The third-order valence-corrected chi connectivity index (χ3v) is 1.54. The summed E-state index contributed by atoms with van der Waals surface area (Å²) in [7, 11) is 1.68. The van der Waals surface area contributed by atoms with Crippen LogP contribution >= 0.6 is 0 Å². The third kappa shape index (κ3) is 6.28. The minimum atomic E-state index is -0.289. The lowest BCUT2D eigenvalue weighted by atomic mass is 10.1. The Balaban J connectivity index is 3.38. The van der Waals surface area contributed by atoms with Gasteiger partial charge in [0.05, 0.1) is 11.7 Å². The SMILES string of the molecule is COC(C)(C)CNC[C@@H](C)O. The normalized spacial score (nSPS) is 15.0. The first-order valence-corrected chi connectivity index (χ1v) is 3.92. The number of hydrogen-bond donors (Lipinski definition) is 2. The van der Waals surface area contributed by atoms with Gasteiger partial charge in [0.1, 0.15) is 0 Å². The molecule has 0 aliphatic rings. The summed E-state index contributed by atoms with van der Waals surface area (Å²) in [4.78, 5) is 0. The molecule has 0 fully saturated rings. The van der Waals surface area contributed by atoms with E-state index in [-0.39, 0.29) is 11.7 Å². The smallest absolute Gasteiger partial charge is 0.0746 e. The second-order valence-corrected chi connectivity index (χ2v) is 3.44. The van der Waals surface area contributed by atoms with Crippen molar-refractivity contribution in [1.82, 2.24) is 5.32 Å². The molecule has 0 amide bonds. The topological polar surface area (TPSA) is 41.5 Å². The zero-order chi connectivity index (χ0) is 8.91. The predicted molar refractivity (Wildman–Crippen MR) is 45.6 cm³/mol.